The highest BCUT2D eigenvalue weighted by Crippen LogP contribution is 2.36. The number of carbonyl (C=O) groups is 1. The van der Waals surface area contributed by atoms with Crippen LogP contribution in [0.4, 0.5) is 4.39 Å². The van der Waals surface area contributed by atoms with Crippen LogP contribution in [0.15, 0.2) is 34.1 Å². The second kappa shape index (κ2) is 5.89. The standard InChI is InChI=1S/C16H15BrFNOS/c1-2-14-11-6-8-21-15(11)5-7-19(14)16(20)10-3-4-13(18)12(17)9-10/h3-4,6,8-9,14H,2,5,7H2,1H3. The van der Waals surface area contributed by atoms with E-state index in [1.165, 1.54) is 16.5 Å². The van der Waals surface area contributed by atoms with Gasteiger partial charge in [-0.1, -0.05) is 6.92 Å². The van der Waals surface area contributed by atoms with Gasteiger partial charge in [0.15, 0.2) is 0 Å². The van der Waals surface area contributed by atoms with Crippen LogP contribution in [0.5, 0.6) is 0 Å². The highest BCUT2D eigenvalue weighted by Gasteiger charge is 2.30. The van der Waals surface area contributed by atoms with Gasteiger partial charge in [0.2, 0.25) is 0 Å². The van der Waals surface area contributed by atoms with Crippen molar-refractivity contribution in [2.75, 3.05) is 6.54 Å². The normalized spacial score (nSPS) is 17.7. The Hall–Kier alpha value is -1.20. The summed E-state index contributed by atoms with van der Waals surface area (Å²) in [6, 6.07) is 6.69. The maximum Gasteiger partial charge on any atom is 0.254 e. The molecule has 0 spiro atoms. The Balaban J connectivity index is 1.92. The van der Waals surface area contributed by atoms with Crippen LogP contribution in [0.25, 0.3) is 0 Å². The van der Waals surface area contributed by atoms with Crippen molar-refractivity contribution in [3.05, 3.63) is 55.9 Å². The molecule has 0 saturated heterocycles. The van der Waals surface area contributed by atoms with Gasteiger partial charge in [-0.05, 0) is 64.0 Å². The quantitative estimate of drug-likeness (QED) is 0.746. The Kier molecular flexibility index (Phi) is 4.13. The van der Waals surface area contributed by atoms with Crippen LogP contribution < -0.4 is 0 Å². The van der Waals surface area contributed by atoms with Crippen LogP contribution in [0.1, 0.15) is 40.2 Å². The largest absolute Gasteiger partial charge is 0.331 e. The molecule has 110 valence electrons. The topological polar surface area (TPSA) is 20.3 Å². The first-order valence-corrected chi connectivity index (χ1v) is 8.61. The molecule has 1 aromatic carbocycles. The van der Waals surface area contributed by atoms with Crippen molar-refractivity contribution >= 4 is 33.2 Å². The van der Waals surface area contributed by atoms with Crippen LogP contribution in [0.2, 0.25) is 0 Å². The Labute approximate surface area is 135 Å². The van der Waals surface area contributed by atoms with Gasteiger partial charge >= 0.3 is 0 Å². The van der Waals surface area contributed by atoms with E-state index >= 15 is 0 Å². The summed E-state index contributed by atoms with van der Waals surface area (Å²) in [6.07, 6.45) is 1.79. The predicted octanol–water partition coefficient (Wildman–Crippen LogP) is 4.80. The number of halogens is 2. The Morgan fingerprint density at radius 2 is 2.29 bits per heavy atom. The fraction of sp³-hybridized carbons (Fsp3) is 0.312. The van der Waals surface area contributed by atoms with Crippen molar-refractivity contribution in [3.63, 3.8) is 0 Å². The number of hydrogen-bond acceptors (Lipinski definition) is 2. The van der Waals surface area contributed by atoms with Crippen LogP contribution >= 0.6 is 27.3 Å². The molecule has 1 unspecified atom stereocenters. The Morgan fingerprint density at radius 3 is 3.00 bits per heavy atom. The van der Waals surface area contributed by atoms with Crippen molar-refractivity contribution in [1.82, 2.24) is 4.90 Å². The smallest absolute Gasteiger partial charge is 0.254 e. The number of thiophene rings is 1. The molecular formula is C16H15BrFNOS. The minimum Gasteiger partial charge on any atom is -0.331 e. The number of carbonyl (C=O) groups excluding carboxylic acids is 1. The minimum atomic E-state index is -0.350. The Morgan fingerprint density at radius 1 is 1.48 bits per heavy atom. The van der Waals surface area contributed by atoms with E-state index in [9.17, 15) is 9.18 Å². The molecule has 2 aromatic rings. The summed E-state index contributed by atoms with van der Waals surface area (Å²) >= 11 is 4.91. The monoisotopic (exact) mass is 367 g/mol. The van der Waals surface area contributed by atoms with E-state index < -0.39 is 0 Å². The van der Waals surface area contributed by atoms with Gasteiger partial charge in [-0.15, -0.1) is 11.3 Å². The number of amides is 1. The van der Waals surface area contributed by atoms with Crippen molar-refractivity contribution in [2.24, 2.45) is 0 Å². The molecule has 0 saturated carbocycles. The summed E-state index contributed by atoms with van der Waals surface area (Å²) in [5.41, 5.74) is 1.80. The predicted molar refractivity (Wildman–Crippen MR) is 86.2 cm³/mol. The number of fused-ring (bicyclic) bond motifs is 1. The second-order valence-electron chi connectivity index (χ2n) is 5.10. The van der Waals surface area contributed by atoms with E-state index in [-0.39, 0.29) is 17.8 Å². The zero-order chi connectivity index (χ0) is 15.0. The van der Waals surface area contributed by atoms with Gasteiger partial charge in [-0.25, -0.2) is 4.39 Å². The Bertz CT molecular complexity index is 685. The highest BCUT2D eigenvalue weighted by atomic mass is 79.9. The molecule has 21 heavy (non-hydrogen) atoms. The third kappa shape index (κ3) is 2.64. The molecule has 5 heteroatoms. The lowest BCUT2D eigenvalue weighted by atomic mass is 9.97. The zero-order valence-corrected chi connectivity index (χ0v) is 14.0. The lowest BCUT2D eigenvalue weighted by Gasteiger charge is -2.35. The third-order valence-corrected chi connectivity index (χ3v) is 5.51. The average Bonchev–Trinajstić information content (AvgIpc) is 2.96. The zero-order valence-electron chi connectivity index (χ0n) is 11.6. The molecule has 0 N–H and O–H groups in total. The van der Waals surface area contributed by atoms with E-state index in [0.29, 0.717) is 10.0 Å². The van der Waals surface area contributed by atoms with Gasteiger partial charge in [-0.2, -0.15) is 0 Å². The SMILES string of the molecule is CCC1c2ccsc2CCN1C(=O)c1ccc(F)c(Br)c1. The maximum absolute atomic E-state index is 13.3. The molecular weight excluding hydrogens is 353 g/mol. The highest BCUT2D eigenvalue weighted by molar-refractivity contribution is 9.10. The van der Waals surface area contributed by atoms with Gasteiger partial charge in [0.25, 0.3) is 5.91 Å². The van der Waals surface area contributed by atoms with Gasteiger partial charge in [0, 0.05) is 17.0 Å². The van der Waals surface area contributed by atoms with Crippen molar-refractivity contribution < 1.29 is 9.18 Å². The first-order valence-electron chi connectivity index (χ1n) is 6.94. The van der Waals surface area contributed by atoms with E-state index in [0.717, 1.165) is 19.4 Å². The van der Waals surface area contributed by atoms with E-state index in [4.69, 9.17) is 0 Å². The summed E-state index contributed by atoms with van der Waals surface area (Å²) in [5.74, 6) is -0.378. The fourth-order valence-corrected chi connectivity index (χ4v) is 4.18. The average molecular weight is 368 g/mol. The van der Waals surface area contributed by atoms with Crippen molar-refractivity contribution in [2.45, 2.75) is 25.8 Å². The molecule has 2 nitrogen and oxygen atoms in total. The van der Waals surface area contributed by atoms with Crippen molar-refractivity contribution in [1.29, 1.82) is 0 Å². The molecule has 0 bridgehead atoms. The summed E-state index contributed by atoms with van der Waals surface area (Å²) in [4.78, 5) is 16.0. The number of nitrogens with zero attached hydrogens (tertiary/aromatic N) is 1. The molecule has 1 aromatic heterocycles. The van der Waals surface area contributed by atoms with Crippen LogP contribution in [0.3, 0.4) is 0 Å². The molecule has 0 radical (unpaired) electrons. The van der Waals surface area contributed by atoms with Gasteiger partial charge in [-0.3, -0.25) is 4.79 Å². The number of benzene rings is 1. The van der Waals surface area contributed by atoms with Gasteiger partial charge < -0.3 is 4.90 Å². The van der Waals surface area contributed by atoms with E-state index in [1.807, 2.05) is 4.90 Å². The molecule has 0 aliphatic carbocycles. The maximum atomic E-state index is 13.3. The first-order chi connectivity index (χ1) is 10.1. The minimum absolute atomic E-state index is 0.0283. The number of rotatable bonds is 2. The lowest BCUT2D eigenvalue weighted by molar-refractivity contribution is 0.0657. The summed E-state index contributed by atoms with van der Waals surface area (Å²) in [7, 11) is 0. The van der Waals surface area contributed by atoms with Gasteiger partial charge in [0.1, 0.15) is 5.82 Å². The summed E-state index contributed by atoms with van der Waals surface area (Å²) in [5, 5.41) is 2.09. The summed E-state index contributed by atoms with van der Waals surface area (Å²) < 4.78 is 13.7. The molecule has 1 aliphatic heterocycles. The van der Waals surface area contributed by atoms with Crippen LogP contribution in [-0.4, -0.2) is 17.4 Å². The molecule has 1 atom stereocenters. The van der Waals surface area contributed by atoms with Crippen LogP contribution in [0, 0.1) is 5.82 Å². The van der Waals surface area contributed by atoms with E-state index in [2.05, 4.69) is 34.3 Å². The first kappa shape index (κ1) is 14.7. The van der Waals surface area contributed by atoms with Crippen LogP contribution in [-0.2, 0) is 6.42 Å². The third-order valence-electron chi connectivity index (χ3n) is 3.91. The molecule has 3 rings (SSSR count). The van der Waals surface area contributed by atoms with E-state index in [1.54, 1.807) is 23.5 Å². The molecule has 1 aliphatic rings. The van der Waals surface area contributed by atoms with Crippen molar-refractivity contribution in [3.8, 4) is 0 Å². The fourth-order valence-electron chi connectivity index (χ4n) is 2.87. The van der Waals surface area contributed by atoms with Gasteiger partial charge in [0.05, 0.1) is 10.5 Å². The lowest BCUT2D eigenvalue weighted by Crippen LogP contribution is -2.39. The molecule has 2 heterocycles. The second-order valence-corrected chi connectivity index (χ2v) is 6.96. The summed E-state index contributed by atoms with van der Waals surface area (Å²) in [6.45, 7) is 2.82. The molecule has 0 fully saturated rings. The number of hydrogen-bond donors (Lipinski definition) is 0. The molecule has 1 amide bonds.